The van der Waals surface area contributed by atoms with E-state index in [4.69, 9.17) is 16.3 Å². The monoisotopic (exact) mass is 462 g/mol. The molecule has 1 aromatic carbocycles. The first-order chi connectivity index (χ1) is 12.3. The highest BCUT2D eigenvalue weighted by molar-refractivity contribution is 9.10. The smallest absolute Gasteiger partial charge is 0.248 e. The maximum atomic E-state index is 12.9. The molecule has 0 aromatic heterocycles. The zero-order chi connectivity index (χ0) is 18.5. The minimum absolute atomic E-state index is 0.0508. The second kappa shape index (κ2) is 6.74. The maximum absolute atomic E-state index is 12.9. The fourth-order valence-corrected chi connectivity index (χ4v) is 6.17. The van der Waals surface area contributed by atoms with Gasteiger partial charge in [0, 0.05) is 23.6 Å². The zero-order valence-corrected chi connectivity index (χ0v) is 17.3. The number of hydrogen-bond donors (Lipinski definition) is 0. The number of benzene rings is 1. The van der Waals surface area contributed by atoms with Crippen molar-refractivity contribution in [3.63, 3.8) is 0 Å². The summed E-state index contributed by atoms with van der Waals surface area (Å²) >= 11 is 9.44. The number of sulfonamides is 1. The molecule has 0 N–H and O–H groups in total. The third-order valence-corrected chi connectivity index (χ3v) is 8.29. The van der Waals surface area contributed by atoms with Crippen LogP contribution in [0.4, 0.5) is 0 Å². The molecule has 0 bridgehead atoms. The molecule has 142 valence electrons. The minimum atomic E-state index is -3.65. The van der Waals surface area contributed by atoms with Gasteiger partial charge in [-0.1, -0.05) is 27.5 Å². The van der Waals surface area contributed by atoms with E-state index in [1.54, 1.807) is 12.1 Å². The van der Waals surface area contributed by atoms with Crippen molar-refractivity contribution in [3.05, 3.63) is 27.7 Å². The van der Waals surface area contributed by atoms with Gasteiger partial charge < -0.3 is 9.64 Å². The van der Waals surface area contributed by atoms with E-state index in [1.807, 2.05) is 4.90 Å². The van der Waals surface area contributed by atoms with E-state index in [0.717, 1.165) is 17.3 Å². The third-order valence-electron chi connectivity index (χ3n) is 5.41. The summed E-state index contributed by atoms with van der Waals surface area (Å²) < 4.78 is 34.0. The average Bonchev–Trinajstić information content (AvgIpc) is 3.42. The first-order valence-corrected chi connectivity index (χ1v) is 11.3. The van der Waals surface area contributed by atoms with Crippen LogP contribution in [0.3, 0.4) is 0 Å². The minimum Gasteiger partial charge on any atom is -0.363 e. The Morgan fingerprint density at radius 1 is 1.23 bits per heavy atom. The number of halogens is 2. The molecule has 0 radical (unpaired) electrons. The van der Waals surface area contributed by atoms with Crippen molar-refractivity contribution in [2.75, 3.05) is 26.2 Å². The molecule has 1 aliphatic carbocycles. The molecule has 0 atom stereocenters. The number of nitrogens with zero attached hydrogens (tertiary/aromatic N) is 2. The lowest BCUT2D eigenvalue weighted by molar-refractivity contribution is -0.170. The Balaban J connectivity index is 1.48. The van der Waals surface area contributed by atoms with Gasteiger partial charge in [0.05, 0.1) is 17.2 Å². The van der Waals surface area contributed by atoms with Crippen LogP contribution in [-0.4, -0.2) is 61.4 Å². The highest BCUT2D eigenvalue weighted by Crippen LogP contribution is 2.38. The number of piperidine rings is 1. The Labute approximate surface area is 166 Å². The van der Waals surface area contributed by atoms with Crippen LogP contribution in [0.2, 0.25) is 5.02 Å². The fourth-order valence-electron chi connectivity index (χ4n) is 3.72. The van der Waals surface area contributed by atoms with E-state index in [2.05, 4.69) is 15.9 Å². The highest BCUT2D eigenvalue weighted by atomic mass is 79.9. The summed E-state index contributed by atoms with van der Waals surface area (Å²) in [5.74, 6) is 0.0508. The van der Waals surface area contributed by atoms with Gasteiger partial charge in [0.2, 0.25) is 15.9 Å². The van der Waals surface area contributed by atoms with Crippen molar-refractivity contribution in [1.29, 1.82) is 0 Å². The van der Waals surface area contributed by atoms with Gasteiger partial charge in [0.15, 0.2) is 0 Å². The molecule has 0 unspecified atom stereocenters. The number of morpholine rings is 1. The van der Waals surface area contributed by atoms with Gasteiger partial charge in [-0.15, -0.1) is 0 Å². The lowest BCUT2D eigenvalue weighted by Gasteiger charge is -2.46. The predicted molar refractivity (Wildman–Crippen MR) is 101 cm³/mol. The van der Waals surface area contributed by atoms with Crippen LogP contribution < -0.4 is 0 Å². The molecule has 9 heteroatoms. The van der Waals surface area contributed by atoms with Gasteiger partial charge in [-0.2, -0.15) is 4.31 Å². The summed E-state index contributed by atoms with van der Waals surface area (Å²) in [4.78, 5) is 14.1. The van der Waals surface area contributed by atoms with E-state index in [9.17, 15) is 13.2 Å². The summed E-state index contributed by atoms with van der Waals surface area (Å²) in [5.41, 5.74) is -0.425. The lowest BCUT2D eigenvalue weighted by Crippen LogP contribution is -2.59. The number of carbonyl (C=O) groups is 1. The number of ether oxygens (including phenoxy) is 1. The second-order valence-electron chi connectivity index (χ2n) is 7.20. The fraction of sp³-hybridized carbons (Fsp3) is 0.588. The van der Waals surface area contributed by atoms with Gasteiger partial charge in [0.1, 0.15) is 11.5 Å². The SMILES string of the molecule is O=C1COC2(CCN(S(=O)(=O)c3ccc(Br)cc3Cl)CC2)CN1C1CC1. The van der Waals surface area contributed by atoms with Gasteiger partial charge in [-0.3, -0.25) is 4.79 Å². The Morgan fingerprint density at radius 2 is 1.92 bits per heavy atom. The topological polar surface area (TPSA) is 66.9 Å². The molecule has 3 aliphatic rings. The summed E-state index contributed by atoms with van der Waals surface area (Å²) in [7, 11) is -3.65. The van der Waals surface area contributed by atoms with E-state index in [1.165, 1.54) is 10.4 Å². The van der Waals surface area contributed by atoms with Crippen LogP contribution in [0, 0.1) is 0 Å². The van der Waals surface area contributed by atoms with E-state index in [-0.39, 0.29) is 22.4 Å². The second-order valence-corrected chi connectivity index (χ2v) is 10.4. The molecule has 1 aromatic rings. The lowest BCUT2D eigenvalue weighted by atomic mass is 9.90. The van der Waals surface area contributed by atoms with Gasteiger partial charge in [0.25, 0.3) is 0 Å². The average molecular weight is 464 g/mol. The van der Waals surface area contributed by atoms with Crippen molar-refractivity contribution < 1.29 is 17.9 Å². The Hall–Kier alpha value is -0.670. The number of hydrogen-bond acceptors (Lipinski definition) is 4. The standard InChI is InChI=1S/C17H20BrClN2O4S/c18-12-1-4-15(14(19)9-12)26(23,24)20-7-5-17(6-8-20)11-21(13-2-3-13)16(22)10-25-17/h1,4,9,13H,2-3,5-8,10-11H2. The number of carbonyl (C=O) groups excluding carboxylic acids is 1. The van der Waals surface area contributed by atoms with Crippen LogP contribution in [0.25, 0.3) is 0 Å². The highest BCUT2D eigenvalue weighted by Gasteiger charge is 2.47. The van der Waals surface area contributed by atoms with Crippen LogP contribution in [0.5, 0.6) is 0 Å². The summed E-state index contributed by atoms with van der Waals surface area (Å²) in [6, 6.07) is 5.14. The van der Waals surface area contributed by atoms with E-state index < -0.39 is 15.6 Å². The molecule has 3 fully saturated rings. The molecule has 6 nitrogen and oxygen atoms in total. The molecule has 1 spiro atoms. The van der Waals surface area contributed by atoms with Crippen LogP contribution in [0.1, 0.15) is 25.7 Å². The molecule has 1 amide bonds. The van der Waals surface area contributed by atoms with Crippen molar-refractivity contribution in [1.82, 2.24) is 9.21 Å². The summed E-state index contributed by atoms with van der Waals surface area (Å²) in [6.07, 6.45) is 3.28. The third kappa shape index (κ3) is 3.42. The summed E-state index contributed by atoms with van der Waals surface area (Å²) in [5, 5.41) is 0.207. The van der Waals surface area contributed by atoms with E-state index in [0.29, 0.717) is 38.5 Å². The van der Waals surface area contributed by atoms with E-state index >= 15 is 0 Å². The first kappa shape index (κ1) is 18.7. The normalized spacial score (nSPS) is 24.2. The molecule has 2 saturated heterocycles. The van der Waals surface area contributed by atoms with Crippen molar-refractivity contribution >= 4 is 43.5 Å². The van der Waals surface area contributed by atoms with Crippen LogP contribution in [-0.2, 0) is 19.6 Å². The molecule has 26 heavy (non-hydrogen) atoms. The Kier molecular flexibility index (Phi) is 4.84. The quantitative estimate of drug-likeness (QED) is 0.691. The Bertz CT molecular complexity index is 835. The largest absolute Gasteiger partial charge is 0.363 e. The number of rotatable bonds is 3. The zero-order valence-electron chi connectivity index (χ0n) is 14.2. The molecule has 2 heterocycles. The Morgan fingerprint density at radius 3 is 2.54 bits per heavy atom. The number of amides is 1. The molecule has 1 saturated carbocycles. The van der Waals surface area contributed by atoms with Gasteiger partial charge in [-0.25, -0.2) is 8.42 Å². The van der Waals surface area contributed by atoms with Gasteiger partial charge in [-0.05, 0) is 43.9 Å². The van der Waals surface area contributed by atoms with Gasteiger partial charge >= 0.3 is 0 Å². The molecular formula is C17H20BrClN2O4S. The molecular weight excluding hydrogens is 444 g/mol. The summed E-state index contributed by atoms with van der Waals surface area (Å²) in [6.45, 7) is 1.40. The van der Waals surface area contributed by atoms with Crippen LogP contribution in [0.15, 0.2) is 27.6 Å². The van der Waals surface area contributed by atoms with Crippen LogP contribution >= 0.6 is 27.5 Å². The maximum Gasteiger partial charge on any atom is 0.248 e. The molecule has 4 rings (SSSR count). The van der Waals surface area contributed by atoms with Crippen molar-refractivity contribution in [2.24, 2.45) is 0 Å². The predicted octanol–water partition coefficient (Wildman–Crippen LogP) is 2.65. The van der Waals surface area contributed by atoms with Crippen molar-refractivity contribution in [2.45, 2.75) is 42.2 Å². The van der Waals surface area contributed by atoms with Crippen molar-refractivity contribution in [3.8, 4) is 0 Å². The first-order valence-electron chi connectivity index (χ1n) is 8.69. The molecule has 2 aliphatic heterocycles.